The average Bonchev–Trinajstić information content (AvgIpc) is 2.46. The third-order valence-electron chi connectivity index (χ3n) is 3.25. The highest BCUT2D eigenvalue weighted by Gasteiger charge is 2.29. The molecule has 2 nitrogen and oxygen atoms in total. The quantitative estimate of drug-likeness (QED) is 0.706. The van der Waals surface area contributed by atoms with Crippen LogP contribution in [-0.2, 0) is 0 Å². The van der Waals surface area contributed by atoms with Gasteiger partial charge in [-0.3, -0.25) is 4.99 Å². The fourth-order valence-corrected chi connectivity index (χ4v) is 2.23. The van der Waals surface area contributed by atoms with Crippen LogP contribution in [0.1, 0.15) is 47.1 Å². The molecule has 0 radical (unpaired) electrons. The number of benzene rings is 1. The average molecular weight is 256 g/mol. The van der Waals surface area contributed by atoms with Crippen molar-refractivity contribution in [2.45, 2.75) is 41.5 Å². The zero-order valence-electron chi connectivity index (χ0n) is 12.8. The first-order valence-corrected chi connectivity index (χ1v) is 6.85. The van der Waals surface area contributed by atoms with E-state index in [-0.39, 0.29) is 10.8 Å². The molecule has 0 atom stereocenters. The molecule has 0 amide bonds. The van der Waals surface area contributed by atoms with Gasteiger partial charge in [-0.2, -0.15) is 0 Å². The molecule has 0 aliphatic carbocycles. The summed E-state index contributed by atoms with van der Waals surface area (Å²) >= 11 is 0. The van der Waals surface area contributed by atoms with Gasteiger partial charge in [-0.25, -0.2) is 0 Å². The third-order valence-corrected chi connectivity index (χ3v) is 3.25. The Labute approximate surface area is 116 Å². The minimum Gasteiger partial charge on any atom is -0.356 e. The summed E-state index contributed by atoms with van der Waals surface area (Å²) in [6.07, 6.45) is 1.97. The summed E-state index contributed by atoms with van der Waals surface area (Å²) in [4.78, 5) is 4.78. The lowest BCUT2D eigenvalue weighted by Gasteiger charge is -2.31. The van der Waals surface area contributed by atoms with Gasteiger partial charge in [0.25, 0.3) is 0 Å². The van der Waals surface area contributed by atoms with Crippen molar-refractivity contribution < 1.29 is 0 Å². The Kier molecular flexibility index (Phi) is 3.29. The number of hydrogen-bond donors (Lipinski definition) is 1. The van der Waals surface area contributed by atoms with E-state index in [2.05, 4.69) is 65.1 Å². The second-order valence-corrected chi connectivity index (χ2v) is 7.19. The summed E-state index contributed by atoms with van der Waals surface area (Å²) in [6.45, 7) is 13.3. The first-order valence-electron chi connectivity index (χ1n) is 6.85. The highest BCUT2D eigenvalue weighted by atomic mass is 15.0. The molecule has 0 unspecified atom stereocenters. The van der Waals surface area contributed by atoms with Crippen LogP contribution in [0.4, 0.5) is 5.69 Å². The predicted molar refractivity (Wildman–Crippen MR) is 83.6 cm³/mol. The molecule has 19 heavy (non-hydrogen) atoms. The molecule has 0 spiro atoms. The molecular formula is C17H24N2. The molecular weight excluding hydrogens is 232 g/mol. The summed E-state index contributed by atoms with van der Waals surface area (Å²) in [5.41, 5.74) is 4.68. The monoisotopic (exact) mass is 256 g/mol. The normalized spacial score (nSPS) is 15.9. The van der Waals surface area contributed by atoms with Gasteiger partial charge in [-0.1, -0.05) is 59.7 Å². The Balaban J connectivity index is 2.62. The fraction of sp³-hybridized carbons (Fsp3) is 0.471. The summed E-state index contributed by atoms with van der Waals surface area (Å²) in [5, 5.41) is 3.61. The number of rotatable bonds is 0. The largest absolute Gasteiger partial charge is 0.356 e. The van der Waals surface area contributed by atoms with E-state index in [9.17, 15) is 0 Å². The molecule has 102 valence electrons. The summed E-state index contributed by atoms with van der Waals surface area (Å²) in [7, 11) is 0. The molecule has 1 aromatic rings. The van der Waals surface area contributed by atoms with Gasteiger partial charge < -0.3 is 5.32 Å². The first kappa shape index (κ1) is 13.9. The van der Waals surface area contributed by atoms with Crippen LogP contribution in [0.25, 0.3) is 0 Å². The maximum absolute atomic E-state index is 4.78. The minimum atomic E-state index is 0.0220. The SMILES string of the molecule is CC(C)(C)C1=C(C(C)(C)C)Nc2ccccc2C=N1. The molecule has 0 saturated heterocycles. The minimum absolute atomic E-state index is 0.0220. The van der Waals surface area contributed by atoms with Crippen LogP contribution in [-0.4, -0.2) is 6.21 Å². The topological polar surface area (TPSA) is 24.4 Å². The number of allylic oxidation sites excluding steroid dienone is 2. The lowest BCUT2D eigenvalue weighted by Crippen LogP contribution is -2.23. The number of para-hydroxylation sites is 1. The lowest BCUT2D eigenvalue weighted by molar-refractivity contribution is 0.444. The van der Waals surface area contributed by atoms with E-state index >= 15 is 0 Å². The van der Waals surface area contributed by atoms with Gasteiger partial charge in [0.2, 0.25) is 0 Å². The number of anilines is 1. The maximum atomic E-state index is 4.78. The van der Waals surface area contributed by atoms with E-state index in [1.807, 2.05) is 12.3 Å². The Morgan fingerprint density at radius 1 is 0.895 bits per heavy atom. The maximum Gasteiger partial charge on any atom is 0.0654 e. The lowest BCUT2D eigenvalue weighted by atomic mass is 9.82. The van der Waals surface area contributed by atoms with Crippen molar-refractivity contribution >= 4 is 11.9 Å². The van der Waals surface area contributed by atoms with Crippen molar-refractivity contribution in [1.29, 1.82) is 0 Å². The molecule has 0 bridgehead atoms. The molecule has 1 heterocycles. The van der Waals surface area contributed by atoms with Crippen LogP contribution in [0, 0.1) is 10.8 Å². The van der Waals surface area contributed by atoms with Crippen LogP contribution in [0.2, 0.25) is 0 Å². The molecule has 1 aromatic carbocycles. The standard InChI is InChI=1S/C17H24N2/c1-16(2,3)14-15(17(4,5)6)19-13-10-8-7-9-12(13)11-18-14/h7-11,19H,1-6H3. The van der Waals surface area contributed by atoms with Gasteiger partial charge in [-0.05, 0) is 6.07 Å². The molecule has 1 N–H and O–H groups in total. The van der Waals surface area contributed by atoms with Crippen molar-refractivity contribution in [3.05, 3.63) is 41.2 Å². The smallest absolute Gasteiger partial charge is 0.0654 e. The molecule has 1 aliphatic heterocycles. The molecule has 0 saturated carbocycles. The van der Waals surface area contributed by atoms with Crippen molar-refractivity contribution in [1.82, 2.24) is 0 Å². The van der Waals surface area contributed by atoms with E-state index in [0.29, 0.717) is 0 Å². The van der Waals surface area contributed by atoms with Gasteiger partial charge >= 0.3 is 0 Å². The van der Waals surface area contributed by atoms with Gasteiger partial charge in [0.15, 0.2) is 0 Å². The number of nitrogens with one attached hydrogen (secondary N) is 1. The number of aliphatic imine (C=N–C) groups is 1. The van der Waals surface area contributed by atoms with Gasteiger partial charge in [-0.15, -0.1) is 0 Å². The highest BCUT2D eigenvalue weighted by molar-refractivity contribution is 5.90. The third kappa shape index (κ3) is 2.89. The Morgan fingerprint density at radius 2 is 1.53 bits per heavy atom. The van der Waals surface area contributed by atoms with Gasteiger partial charge in [0.1, 0.15) is 0 Å². The Morgan fingerprint density at radius 3 is 2.11 bits per heavy atom. The van der Waals surface area contributed by atoms with Gasteiger partial charge in [0, 0.05) is 34.0 Å². The highest BCUT2D eigenvalue weighted by Crippen LogP contribution is 2.39. The molecule has 2 heteroatoms. The van der Waals surface area contributed by atoms with Gasteiger partial charge in [0.05, 0.1) is 5.70 Å². The zero-order chi connectivity index (χ0) is 14.3. The van der Waals surface area contributed by atoms with E-state index in [0.717, 1.165) is 16.9 Å². The number of nitrogens with zero attached hydrogens (tertiary/aromatic N) is 1. The number of fused-ring (bicyclic) bond motifs is 1. The van der Waals surface area contributed by atoms with Crippen LogP contribution < -0.4 is 5.32 Å². The van der Waals surface area contributed by atoms with Crippen molar-refractivity contribution in [2.24, 2.45) is 15.8 Å². The second kappa shape index (κ2) is 4.52. The molecule has 2 rings (SSSR count). The summed E-state index contributed by atoms with van der Waals surface area (Å²) in [5.74, 6) is 0. The van der Waals surface area contributed by atoms with E-state index in [4.69, 9.17) is 4.99 Å². The molecule has 0 fully saturated rings. The summed E-state index contributed by atoms with van der Waals surface area (Å²) < 4.78 is 0. The number of hydrogen-bond acceptors (Lipinski definition) is 2. The summed E-state index contributed by atoms with van der Waals surface area (Å²) in [6, 6.07) is 8.31. The van der Waals surface area contributed by atoms with Crippen molar-refractivity contribution in [2.75, 3.05) is 5.32 Å². The van der Waals surface area contributed by atoms with Crippen LogP contribution >= 0.6 is 0 Å². The Bertz CT molecular complexity index is 537. The van der Waals surface area contributed by atoms with E-state index in [1.165, 1.54) is 5.70 Å². The second-order valence-electron chi connectivity index (χ2n) is 7.19. The first-order chi connectivity index (χ1) is 8.69. The molecule has 1 aliphatic rings. The van der Waals surface area contributed by atoms with Crippen molar-refractivity contribution in [3.63, 3.8) is 0 Å². The Hall–Kier alpha value is -1.57. The van der Waals surface area contributed by atoms with Crippen molar-refractivity contribution in [3.8, 4) is 0 Å². The fourth-order valence-electron chi connectivity index (χ4n) is 2.23. The zero-order valence-corrected chi connectivity index (χ0v) is 12.8. The van der Waals surface area contributed by atoms with Crippen LogP contribution in [0.5, 0.6) is 0 Å². The van der Waals surface area contributed by atoms with Crippen LogP contribution in [0.3, 0.4) is 0 Å². The van der Waals surface area contributed by atoms with E-state index < -0.39 is 0 Å². The van der Waals surface area contributed by atoms with E-state index in [1.54, 1.807) is 0 Å². The molecule has 0 aromatic heterocycles. The van der Waals surface area contributed by atoms with Crippen LogP contribution in [0.15, 0.2) is 40.7 Å². The predicted octanol–water partition coefficient (Wildman–Crippen LogP) is 4.83.